The lowest BCUT2D eigenvalue weighted by Crippen LogP contribution is -2.14. The highest BCUT2D eigenvalue weighted by Gasteiger charge is 2.08. The molecule has 2 aromatic carbocycles. The second-order valence-electron chi connectivity index (χ2n) is 4.86. The Kier molecular flexibility index (Phi) is 4.03. The van der Waals surface area contributed by atoms with Crippen molar-refractivity contribution < 1.29 is 9.18 Å². The van der Waals surface area contributed by atoms with Gasteiger partial charge in [0.2, 0.25) is 0 Å². The smallest absolute Gasteiger partial charge is 0.255 e. The van der Waals surface area contributed by atoms with Gasteiger partial charge in [0.1, 0.15) is 5.82 Å². The summed E-state index contributed by atoms with van der Waals surface area (Å²) in [5, 5.41) is 2.81. The van der Waals surface area contributed by atoms with E-state index >= 15 is 0 Å². The van der Waals surface area contributed by atoms with E-state index in [4.69, 9.17) is 0 Å². The predicted molar refractivity (Wildman–Crippen MR) is 79.9 cm³/mol. The van der Waals surface area contributed by atoms with Gasteiger partial charge in [0.05, 0.1) is 0 Å². The topological polar surface area (TPSA) is 32.3 Å². The molecule has 0 aliphatic rings. The molecule has 4 heteroatoms. The highest BCUT2D eigenvalue weighted by Crippen LogP contribution is 2.22. The molecule has 0 bridgehead atoms. The summed E-state index contributed by atoms with van der Waals surface area (Å²) in [4.78, 5) is 14.0. The molecule has 0 heterocycles. The molecular weight excluding hydrogens is 255 g/mol. The fourth-order valence-electron chi connectivity index (χ4n) is 1.97. The van der Waals surface area contributed by atoms with Gasteiger partial charge in [0.15, 0.2) is 0 Å². The lowest BCUT2D eigenvalue weighted by Gasteiger charge is -2.17. The zero-order chi connectivity index (χ0) is 14.7. The van der Waals surface area contributed by atoms with Crippen LogP contribution >= 0.6 is 0 Å². The fraction of sp³-hybridized carbons (Fsp3) is 0.188. The minimum Gasteiger partial charge on any atom is -0.377 e. The zero-order valence-electron chi connectivity index (χ0n) is 11.8. The van der Waals surface area contributed by atoms with Gasteiger partial charge < -0.3 is 10.2 Å². The molecule has 0 fully saturated rings. The molecule has 0 unspecified atom stereocenters. The highest BCUT2D eigenvalue weighted by molar-refractivity contribution is 6.04. The van der Waals surface area contributed by atoms with Gasteiger partial charge in [-0.25, -0.2) is 4.39 Å². The summed E-state index contributed by atoms with van der Waals surface area (Å²) >= 11 is 0. The number of hydrogen-bond donors (Lipinski definition) is 1. The van der Waals surface area contributed by atoms with Gasteiger partial charge in [-0.2, -0.15) is 0 Å². The Morgan fingerprint density at radius 1 is 1.10 bits per heavy atom. The first-order valence-corrected chi connectivity index (χ1v) is 6.32. The van der Waals surface area contributed by atoms with E-state index in [0.717, 1.165) is 11.3 Å². The number of carbonyl (C=O) groups excluding carboxylic acids is 1. The van der Waals surface area contributed by atoms with Crippen LogP contribution in [0.3, 0.4) is 0 Å². The predicted octanol–water partition coefficient (Wildman–Crippen LogP) is 3.45. The fourth-order valence-corrected chi connectivity index (χ4v) is 1.97. The number of anilines is 2. The van der Waals surface area contributed by atoms with Crippen LogP contribution in [0.4, 0.5) is 15.8 Å². The Labute approximate surface area is 118 Å². The van der Waals surface area contributed by atoms with Gasteiger partial charge in [0, 0.05) is 31.0 Å². The molecule has 2 aromatic rings. The van der Waals surface area contributed by atoms with Gasteiger partial charge in [-0.3, -0.25) is 4.79 Å². The second-order valence-corrected chi connectivity index (χ2v) is 4.86. The number of aryl methyl sites for hydroxylation is 1. The molecule has 0 aromatic heterocycles. The normalized spacial score (nSPS) is 10.2. The summed E-state index contributed by atoms with van der Waals surface area (Å²) in [6.45, 7) is 2.01. The molecule has 0 radical (unpaired) electrons. The lowest BCUT2D eigenvalue weighted by molar-refractivity contribution is 0.102. The molecular formula is C16H17FN2O. The van der Waals surface area contributed by atoms with Crippen molar-refractivity contribution >= 4 is 17.3 Å². The van der Waals surface area contributed by atoms with E-state index in [-0.39, 0.29) is 11.7 Å². The van der Waals surface area contributed by atoms with Crippen molar-refractivity contribution in [3.8, 4) is 0 Å². The maximum Gasteiger partial charge on any atom is 0.255 e. The van der Waals surface area contributed by atoms with Crippen molar-refractivity contribution in [2.75, 3.05) is 24.3 Å². The van der Waals surface area contributed by atoms with Crippen LogP contribution in [0.25, 0.3) is 0 Å². The van der Waals surface area contributed by atoms with Crippen LogP contribution in [0.5, 0.6) is 0 Å². The number of amides is 1. The average molecular weight is 272 g/mol. The molecule has 0 spiro atoms. The first kappa shape index (κ1) is 14.1. The molecule has 1 amide bonds. The monoisotopic (exact) mass is 272 g/mol. The summed E-state index contributed by atoms with van der Waals surface area (Å²) in [7, 11) is 3.90. The molecule has 0 saturated heterocycles. The van der Waals surface area contributed by atoms with Crippen LogP contribution in [0, 0.1) is 12.7 Å². The third kappa shape index (κ3) is 3.15. The largest absolute Gasteiger partial charge is 0.377 e. The summed E-state index contributed by atoms with van der Waals surface area (Å²) in [6, 6.07) is 11.2. The third-order valence-corrected chi connectivity index (χ3v) is 3.06. The Morgan fingerprint density at radius 2 is 1.75 bits per heavy atom. The first-order valence-electron chi connectivity index (χ1n) is 6.32. The van der Waals surface area contributed by atoms with E-state index in [9.17, 15) is 9.18 Å². The van der Waals surface area contributed by atoms with E-state index in [1.807, 2.05) is 44.1 Å². The quantitative estimate of drug-likeness (QED) is 0.928. The highest BCUT2D eigenvalue weighted by atomic mass is 19.1. The third-order valence-electron chi connectivity index (χ3n) is 3.06. The number of carbonyl (C=O) groups is 1. The minimum absolute atomic E-state index is 0.251. The molecule has 0 saturated carbocycles. The van der Waals surface area contributed by atoms with Crippen molar-refractivity contribution in [2.24, 2.45) is 0 Å². The van der Waals surface area contributed by atoms with Gasteiger partial charge in [0.25, 0.3) is 5.91 Å². The summed E-state index contributed by atoms with van der Waals surface area (Å²) in [5.74, 6) is -0.606. The molecule has 0 aliphatic carbocycles. The van der Waals surface area contributed by atoms with E-state index in [1.54, 1.807) is 0 Å². The standard InChI is InChI=1S/C16H17FN2O/c1-11-4-9-14(10-15(11)19(2)3)18-16(20)12-5-7-13(17)8-6-12/h4-10H,1-3H3,(H,18,20). The summed E-state index contributed by atoms with van der Waals surface area (Å²) < 4.78 is 12.8. The molecule has 2 rings (SSSR count). The van der Waals surface area contributed by atoms with Crippen molar-refractivity contribution in [3.63, 3.8) is 0 Å². The van der Waals surface area contributed by atoms with Crippen LogP contribution in [0.2, 0.25) is 0 Å². The van der Waals surface area contributed by atoms with Crippen LogP contribution in [0.1, 0.15) is 15.9 Å². The van der Waals surface area contributed by atoms with E-state index in [2.05, 4.69) is 5.32 Å². The van der Waals surface area contributed by atoms with E-state index in [1.165, 1.54) is 24.3 Å². The van der Waals surface area contributed by atoms with Crippen molar-refractivity contribution in [3.05, 3.63) is 59.4 Å². The Bertz CT molecular complexity index is 621. The number of rotatable bonds is 3. The summed E-state index contributed by atoms with van der Waals surface area (Å²) in [5.41, 5.74) is 3.32. The Hall–Kier alpha value is -2.36. The number of halogens is 1. The average Bonchev–Trinajstić information content (AvgIpc) is 2.41. The van der Waals surface area contributed by atoms with Crippen LogP contribution < -0.4 is 10.2 Å². The van der Waals surface area contributed by atoms with E-state index < -0.39 is 0 Å². The molecule has 104 valence electrons. The number of nitrogens with one attached hydrogen (secondary N) is 1. The Morgan fingerprint density at radius 3 is 2.35 bits per heavy atom. The first-order chi connectivity index (χ1) is 9.47. The SMILES string of the molecule is Cc1ccc(NC(=O)c2ccc(F)cc2)cc1N(C)C. The number of benzene rings is 2. The van der Waals surface area contributed by atoms with Crippen LogP contribution in [-0.2, 0) is 0 Å². The van der Waals surface area contributed by atoms with Crippen LogP contribution in [-0.4, -0.2) is 20.0 Å². The number of hydrogen-bond acceptors (Lipinski definition) is 2. The molecule has 3 nitrogen and oxygen atoms in total. The van der Waals surface area contributed by atoms with E-state index in [0.29, 0.717) is 11.3 Å². The molecule has 0 atom stereocenters. The lowest BCUT2D eigenvalue weighted by atomic mass is 10.1. The van der Waals surface area contributed by atoms with Gasteiger partial charge in [-0.1, -0.05) is 6.07 Å². The maximum atomic E-state index is 12.8. The van der Waals surface area contributed by atoms with Crippen molar-refractivity contribution in [1.29, 1.82) is 0 Å². The van der Waals surface area contributed by atoms with Gasteiger partial charge in [-0.15, -0.1) is 0 Å². The zero-order valence-corrected chi connectivity index (χ0v) is 11.8. The van der Waals surface area contributed by atoms with Crippen molar-refractivity contribution in [1.82, 2.24) is 0 Å². The Balaban J connectivity index is 2.19. The van der Waals surface area contributed by atoms with Crippen molar-refractivity contribution in [2.45, 2.75) is 6.92 Å². The molecule has 1 N–H and O–H groups in total. The van der Waals surface area contributed by atoms with Gasteiger partial charge in [-0.05, 0) is 48.9 Å². The van der Waals surface area contributed by atoms with Crippen LogP contribution in [0.15, 0.2) is 42.5 Å². The molecule has 0 aliphatic heterocycles. The summed E-state index contributed by atoms with van der Waals surface area (Å²) in [6.07, 6.45) is 0. The minimum atomic E-state index is -0.355. The molecule has 20 heavy (non-hydrogen) atoms. The maximum absolute atomic E-state index is 12.8. The van der Waals surface area contributed by atoms with Gasteiger partial charge >= 0.3 is 0 Å². The second kappa shape index (κ2) is 5.74. The number of nitrogens with zero attached hydrogens (tertiary/aromatic N) is 1.